The van der Waals surface area contributed by atoms with E-state index in [-0.39, 0.29) is 0 Å². The number of nitrogen functional groups attached to an aromatic ring is 1. The van der Waals surface area contributed by atoms with Crippen molar-refractivity contribution in [3.05, 3.63) is 36.0 Å². The molecule has 20 heavy (non-hydrogen) atoms. The van der Waals surface area contributed by atoms with Crippen LogP contribution in [-0.4, -0.2) is 24.1 Å². The topological polar surface area (TPSA) is 62.3 Å². The lowest BCUT2D eigenvalue weighted by molar-refractivity contribution is 0.213. The van der Waals surface area contributed by atoms with Crippen LogP contribution in [0.5, 0.6) is 5.75 Å². The molecule has 4 heteroatoms. The Bertz CT molecular complexity index is 519. The number of ether oxygens (including phenoxy) is 1. The van der Waals surface area contributed by atoms with Crippen LogP contribution < -0.4 is 10.5 Å². The highest BCUT2D eigenvalue weighted by Crippen LogP contribution is 2.25. The van der Waals surface area contributed by atoms with Crippen molar-refractivity contribution in [2.24, 2.45) is 0 Å². The van der Waals surface area contributed by atoms with Gasteiger partial charge in [0.15, 0.2) is 0 Å². The number of anilines is 1. The van der Waals surface area contributed by atoms with E-state index >= 15 is 0 Å². The number of nitrogens with two attached hydrogens (primary N) is 1. The molecule has 1 aliphatic heterocycles. The van der Waals surface area contributed by atoms with Crippen LogP contribution in [0.15, 0.2) is 30.5 Å². The second-order valence-electron chi connectivity index (χ2n) is 4.97. The van der Waals surface area contributed by atoms with E-state index in [1.165, 1.54) is 6.42 Å². The molecule has 1 aromatic carbocycles. The maximum absolute atomic E-state index is 9.13. The molecule has 1 heterocycles. The van der Waals surface area contributed by atoms with Crippen molar-refractivity contribution in [2.45, 2.75) is 32.2 Å². The summed E-state index contributed by atoms with van der Waals surface area (Å²) in [7, 11) is 0. The van der Waals surface area contributed by atoms with Crippen molar-refractivity contribution in [3.63, 3.8) is 0 Å². The van der Waals surface area contributed by atoms with Gasteiger partial charge in [-0.1, -0.05) is 19.1 Å². The van der Waals surface area contributed by atoms with E-state index in [4.69, 9.17) is 15.7 Å². The molecule has 2 N–H and O–H groups in total. The first-order valence-electron chi connectivity index (χ1n) is 7.10. The summed E-state index contributed by atoms with van der Waals surface area (Å²) in [5.74, 6) is 0.582. The van der Waals surface area contributed by atoms with Gasteiger partial charge in [-0.15, -0.1) is 0 Å². The Morgan fingerprint density at radius 2 is 2.40 bits per heavy atom. The van der Waals surface area contributed by atoms with Gasteiger partial charge in [-0.05, 0) is 37.6 Å². The molecule has 4 nitrogen and oxygen atoms in total. The minimum atomic E-state index is 0.380. The average molecular weight is 271 g/mol. The highest BCUT2D eigenvalue weighted by molar-refractivity contribution is 5.60. The van der Waals surface area contributed by atoms with Crippen molar-refractivity contribution in [2.75, 3.05) is 18.9 Å². The predicted molar refractivity (Wildman–Crippen MR) is 80.2 cm³/mol. The molecule has 106 valence electrons. The highest BCUT2D eigenvalue weighted by Gasteiger charge is 2.22. The Morgan fingerprint density at radius 1 is 1.55 bits per heavy atom. The van der Waals surface area contributed by atoms with Crippen LogP contribution in [0.4, 0.5) is 5.69 Å². The van der Waals surface area contributed by atoms with Gasteiger partial charge < -0.3 is 15.4 Å². The molecule has 1 fully saturated rings. The normalized spacial score (nSPS) is 18.4. The van der Waals surface area contributed by atoms with Gasteiger partial charge in [-0.3, -0.25) is 0 Å². The van der Waals surface area contributed by atoms with Gasteiger partial charge in [-0.2, -0.15) is 5.26 Å². The van der Waals surface area contributed by atoms with E-state index in [0.717, 1.165) is 19.4 Å². The lowest BCUT2D eigenvalue weighted by atomic mass is 10.2. The van der Waals surface area contributed by atoms with Crippen molar-refractivity contribution >= 4 is 5.69 Å². The third kappa shape index (κ3) is 3.24. The number of benzene rings is 1. The molecule has 0 aliphatic carbocycles. The maximum Gasteiger partial charge on any atom is 0.139 e. The van der Waals surface area contributed by atoms with E-state index in [9.17, 15) is 0 Å². The molecule has 1 aliphatic rings. The molecule has 1 atom stereocenters. The smallest absolute Gasteiger partial charge is 0.139 e. The quantitative estimate of drug-likeness (QED) is 0.836. The summed E-state index contributed by atoms with van der Waals surface area (Å²) in [6, 6.07) is 7.82. The van der Waals surface area contributed by atoms with Crippen LogP contribution in [0.25, 0.3) is 0 Å². The highest BCUT2D eigenvalue weighted by atomic mass is 16.5. The van der Waals surface area contributed by atoms with Crippen LogP contribution in [-0.2, 0) is 0 Å². The van der Waals surface area contributed by atoms with Crippen LogP contribution >= 0.6 is 0 Å². The summed E-state index contributed by atoms with van der Waals surface area (Å²) in [6.45, 7) is 3.79. The summed E-state index contributed by atoms with van der Waals surface area (Å²) in [4.78, 5) is 2.32. The second kappa shape index (κ2) is 6.85. The maximum atomic E-state index is 9.13. The molecule has 0 unspecified atom stereocenters. The third-order valence-corrected chi connectivity index (χ3v) is 3.56. The Hall–Kier alpha value is -2.15. The predicted octanol–water partition coefficient (Wildman–Crippen LogP) is 2.91. The lowest BCUT2D eigenvalue weighted by Gasteiger charge is -2.23. The van der Waals surface area contributed by atoms with Crippen LogP contribution in [0.3, 0.4) is 0 Å². The van der Waals surface area contributed by atoms with Gasteiger partial charge in [0.1, 0.15) is 24.0 Å². The molecular weight excluding hydrogens is 250 g/mol. The van der Waals surface area contributed by atoms with Gasteiger partial charge in [0.2, 0.25) is 0 Å². The first-order chi connectivity index (χ1) is 9.76. The number of nitrogens with zero attached hydrogens (tertiary/aromatic N) is 2. The van der Waals surface area contributed by atoms with E-state index in [0.29, 0.717) is 29.6 Å². The summed E-state index contributed by atoms with van der Waals surface area (Å²) in [5, 5.41) is 9.13. The van der Waals surface area contributed by atoms with Crippen LogP contribution in [0, 0.1) is 11.3 Å². The van der Waals surface area contributed by atoms with Crippen molar-refractivity contribution in [1.82, 2.24) is 4.90 Å². The standard InChI is InChI=1S/C16H21N3O/c1-2-3-9-19-10-5-6-13(19)12-20-16-8-4-7-15(18)14(16)11-17/h3-4,7-9,13H,2,5-6,10,12,18H2,1H3/t13-/m1/s1. The monoisotopic (exact) mass is 271 g/mol. The van der Waals surface area contributed by atoms with Crippen molar-refractivity contribution in [3.8, 4) is 11.8 Å². The minimum Gasteiger partial charge on any atom is -0.490 e. The third-order valence-electron chi connectivity index (χ3n) is 3.56. The van der Waals surface area contributed by atoms with E-state index in [1.807, 2.05) is 6.07 Å². The average Bonchev–Trinajstić information content (AvgIpc) is 2.90. The molecule has 0 radical (unpaired) electrons. The fourth-order valence-electron chi connectivity index (χ4n) is 2.45. The van der Waals surface area contributed by atoms with Crippen LogP contribution in [0.2, 0.25) is 0 Å². The molecule has 0 bridgehead atoms. The summed E-state index contributed by atoms with van der Waals surface area (Å²) in [6.07, 6.45) is 7.67. The zero-order valence-corrected chi connectivity index (χ0v) is 11.9. The first-order valence-corrected chi connectivity index (χ1v) is 7.10. The van der Waals surface area contributed by atoms with Gasteiger partial charge in [0.25, 0.3) is 0 Å². The zero-order chi connectivity index (χ0) is 14.4. The molecule has 1 saturated heterocycles. The number of hydrogen-bond acceptors (Lipinski definition) is 4. The number of nitriles is 1. The first kappa shape index (κ1) is 14.3. The second-order valence-corrected chi connectivity index (χ2v) is 4.97. The number of rotatable bonds is 5. The lowest BCUT2D eigenvalue weighted by Crippen LogP contribution is -2.30. The summed E-state index contributed by atoms with van der Waals surface area (Å²) in [5.41, 5.74) is 6.69. The molecule has 1 aromatic rings. The minimum absolute atomic E-state index is 0.380. The van der Waals surface area contributed by atoms with E-state index < -0.39 is 0 Å². The molecule has 0 spiro atoms. The van der Waals surface area contributed by atoms with Gasteiger partial charge >= 0.3 is 0 Å². The fraction of sp³-hybridized carbons (Fsp3) is 0.438. The largest absolute Gasteiger partial charge is 0.490 e. The van der Waals surface area contributed by atoms with E-state index in [2.05, 4.69) is 30.2 Å². The molecule has 0 aromatic heterocycles. The molecule has 0 saturated carbocycles. The summed E-state index contributed by atoms with van der Waals surface area (Å²) >= 11 is 0. The molecule has 0 amide bonds. The number of hydrogen-bond donors (Lipinski definition) is 1. The fourth-order valence-corrected chi connectivity index (χ4v) is 2.45. The number of likely N-dealkylation sites (tertiary alicyclic amines) is 1. The Labute approximate surface area is 120 Å². The Morgan fingerprint density at radius 3 is 3.15 bits per heavy atom. The molecular formula is C16H21N3O. The molecule has 2 rings (SSSR count). The van der Waals surface area contributed by atoms with E-state index in [1.54, 1.807) is 12.1 Å². The Kier molecular flexibility index (Phi) is 4.89. The zero-order valence-electron chi connectivity index (χ0n) is 11.9. The van der Waals surface area contributed by atoms with Gasteiger partial charge in [-0.25, -0.2) is 0 Å². The summed E-state index contributed by atoms with van der Waals surface area (Å²) < 4.78 is 5.82. The SMILES string of the molecule is CCC=CN1CCC[C@@H]1COc1cccc(N)c1C#N. The van der Waals surface area contributed by atoms with Crippen molar-refractivity contribution < 1.29 is 4.74 Å². The number of allylic oxidation sites excluding steroid dienone is 1. The van der Waals surface area contributed by atoms with Crippen molar-refractivity contribution in [1.29, 1.82) is 5.26 Å². The van der Waals surface area contributed by atoms with Gasteiger partial charge in [0, 0.05) is 6.54 Å². The van der Waals surface area contributed by atoms with Gasteiger partial charge in [0.05, 0.1) is 11.7 Å². The Balaban J connectivity index is 2.00. The van der Waals surface area contributed by atoms with Crippen LogP contribution in [0.1, 0.15) is 31.7 Å².